The van der Waals surface area contributed by atoms with Crippen LogP contribution in [0.15, 0.2) is 50.7 Å². The maximum absolute atomic E-state index is 11.1. The van der Waals surface area contributed by atoms with Crippen LogP contribution in [-0.2, 0) is 0 Å². The Labute approximate surface area is 129 Å². The van der Waals surface area contributed by atoms with Crippen LogP contribution in [0, 0.1) is 0 Å². The van der Waals surface area contributed by atoms with Gasteiger partial charge in [-0.2, -0.15) is 4.99 Å². The van der Waals surface area contributed by atoms with E-state index in [4.69, 9.17) is 15.3 Å². The number of thioether (sulfide) groups is 1. The van der Waals surface area contributed by atoms with Crippen molar-refractivity contribution in [2.24, 2.45) is 10.7 Å². The van der Waals surface area contributed by atoms with Gasteiger partial charge >= 0.3 is 11.2 Å². The van der Waals surface area contributed by atoms with E-state index in [1.807, 2.05) is 0 Å². The van der Waals surface area contributed by atoms with E-state index in [9.17, 15) is 9.59 Å². The molecule has 22 heavy (non-hydrogen) atoms. The average molecular weight is 314 g/mol. The van der Waals surface area contributed by atoms with Gasteiger partial charge < -0.3 is 15.3 Å². The molecule has 2 aromatic rings. The predicted octanol–water partition coefficient (Wildman–Crippen LogP) is 3.21. The van der Waals surface area contributed by atoms with Crippen LogP contribution in [0.1, 0.15) is 16.1 Å². The first-order valence-corrected chi connectivity index (χ1v) is 7.06. The first kappa shape index (κ1) is 14.2. The van der Waals surface area contributed by atoms with Crippen molar-refractivity contribution in [3.63, 3.8) is 0 Å². The molecule has 1 aromatic carbocycles. The summed E-state index contributed by atoms with van der Waals surface area (Å²) in [5.74, 6) is 0.328. The zero-order valence-electron chi connectivity index (χ0n) is 11.1. The summed E-state index contributed by atoms with van der Waals surface area (Å²) < 4.78 is 5.66. The third kappa shape index (κ3) is 2.79. The van der Waals surface area contributed by atoms with E-state index in [1.165, 1.54) is 12.1 Å². The molecule has 0 atom stereocenters. The molecule has 1 aliphatic rings. The number of carbonyl (C=O) groups is 2. The van der Waals surface area contributed by atoms with Crippen molar-refractivity contribution in [2.75, 3.05) is 0 Å². The number of rotatable bonds is 3. The number of carboxylic acid groups (broad SMARTS) is 1. The highest BCUT2D eigenvalue weighted by Crippen LogP contribution is 2.29. The van der Waals surface area contributed by atoms with Crippen LogP contribution in [0.2, 0.25) is 0 Å². The van der Waals surface area contributed by atoms with Gasteiger partial charge in [0.25, 0.3) is 0 Å². The van der Waals surface area contributed by atoms with Gasteiger partial charge in [-0.1, -0.05) is 12.1 Å². The van der Waals surface area contributed by atoms with E-state index >= 15 is 0 Å². The molecule has 2 heterocycles. The summed E-state index contributed by atoms with van der Waals surface area (Å²) in [6.07, 6.45) is 1.64. The van der Waals surface area contributed by atoms with Crippen molar-refractivity contribution < 1.29 is 19.1 Å². The van der Waals surface area contributed by atoms with Crippen molar-refractivity contribution >= 4 is 34.9 Å². The number of aliphatic imine (C=N–C) groups is 1. The summed E-state index contributed by atoms with van der Waals surface area (Å²) in [4.78, 5) is 26.1. The third-order valence-corrected chi connectivity index (χ3v) is 3.79. The van der Waals surface area contributed by atoms with E-state index in [-0.39, 0.29) is 16.6 Å². The Bertz CT molecular complexity index is 818. The zero-order valence-corrected chi connectivity index (χ0v) is 12.0. The van der Waals surface area contributed by atoms with E-state index < -0.39 is 5.97 Å². The van der Waals surface area contributed by atoms with Crippen LogP contribution in [0.25, 0.3) is 17.4 Å². The van der Waals surface area contributed by atoms with Crippen molar-refractivity contribution in [2.45, 2.75) is 0 Å². The van der Waals surface area contributed by atoms with Crippen LogP contribution < -0.4 is 5.73 Å². The molecular formula is C15H10N2O4S. The summed E-state index contributed by atoms with van der Waals surface area (Å²) in [7, 11) is 0. The molecule has 0 saturated heterocycles. The number of nitrogens with two attached hydrogens (primary N) is 1. The molecule has 3 rings (SSSR count). The summed E-state index contributed by atoms with van der Waals surface area (Å²) in [6.45, 7) is 0. The molecule has 0 unspecified atom stereocenters. The maximum Gasteiger partial charge on any atom is 0.335 e. The Balaban J connectivity index is 1.85. The highest BCUT2D eigenvalue weighted by atomic mass is 32.2. The monoisotopic (exact) mass is 314 g/mol. The number of carboxylic acids is 1. The highest BCUT2D eigenvalue weighted by molar-refractivity contribution is 8.18. The van der Waals surface area contributed by atoms with Gasteiger partial charge in [-0.05, 0) is 42.1 Å². The smallest absolute Gasteiger partial charge is 0.335 e. The number of furan rings is 1. The Morgan fingerprint density at radius 2 is 1.95 bits per heavy atom. The van der Waals surface area contributed by atoms with Crippen molar-refractivity contribution in [3.05, 3.63) is 52.6 Å². The molecule has 7 heteroatoms. The number of benzene rings is 1. The maximum atomic E-state index is 11.1. The summed E-state index contributed by atoms with van der Waals surface area (Å²) in [5, 5.41) is 8.52. The average Bonchev–Trinajstić information content (AvgIpc) is 3.06. The number of amides is 1. The molecule has 0 spiro atoms. The largest absolute Gasteiger partial charge is 0.478 e. The lowest BCUT2D eigenvalue weighted by atomic mass is 10.1. The van der Waals surface area contributed by atoms with Crippen molar-refractivity contribution in [1.29, 1.82) is 0 Å². The summed E-state index contributed by atoms with van der Waals surface area (Å²) >= 11 is 0.947. The van der Waals surface area contributed by atoms with Gasteiger partial charge in [-0.3, -0.25) is 4.79 Å². The van der Waals surface area contributed by atoms with Crippen LogP contribution in [-0.4, -0.2) is 22.2 Å². The predicted molar refractivity (Wildman–Crippen MR) is 83.7 cm³/mol. The fraction of sp³-hybridized carbons (Fsp3) is 0. The summed E-state index contributed by atoms with van der Waals surface area (Å²) in [5.41, 5.74) is 6.59. The second-order valence-electron chi connectivity index (χ2n) is 4.46. The molecule has 110 valence electrons. The van der Waals surface area contributed by atoms with Gasteiger partial charge in [-0.25, -0.2) is 4.79 Å². The van der Waals surface area contributed by atoms with Crippen molar-refractivity contribution in [1.82, 2.24) is 0 Å². The number of aromatic carboxylic acids is 1. The molecule has 1 aliphatic heterocycles. The molecule has 1 amide bonds. The first-order chi connectivity index (χ1) is 10.5. The quantitative estimate of drug-likeness (QED) is 0.901. The van der Waals surface area contributed by atoms with Gasteiger partial charge in [0.15, 0.2) is 0 Å². The molecule has 0 radical (unpaired) electrons. The molecule has 0 fully saturated rings. The lowest BCUT2D eigenvalue weighted by Crippen LogP contribution is -2.08. The van der Waals surface area contributed by atoms with Gasteiger partial charge in [-0.15, -0.1) is 0 Å². The Morgan fingerprint density at radius 1 is 1.23 bits per heavy atom. The molecule has 0 aliphatic carbocycles. The van der Waals surface area contributed by atoms with Crippen LogP contribution in [0.4, 0.5) is 4.79 Å². The van der Waals surface area contributed by atoms with E-state index in [0.29, 0.717) is 16.4 Å². The fourth-order valence-electron chi connectivity index (χ4n) is 1.92. The number of hydrogen-bond donors (Lipinski definition) is 2. The highest BCUT2D eigenvalue weighted by Gasteiger charge is 2.19. The minimum atomic E-state index is -0.978. The standard InChI is InChI=1S/C15H10N2O4S/c16-13-12(22-15(20)17-13)7-10-5-6-11(21-10)8-1-3-9(4-2-8)14(18)19/h1-7H,(H,18,19)(H2,16,17,20)/b12-7-. The van der Waals surface area contributed by atoms with Gasteiger partial charge in [0, 0.05) is 5.56 Å². The lowest BCUT2D eigenvalue weighted by molar-refractivity contribution is 0.0697. The topological polar surface area (TPSA) is 106 Å². The van der Waals surface area contributed by atoms with E-state index in [1.54, 1.807) is 30.3 Å². The van der Waals surface area contributed by atoms with Gasteiger partial charge in [0.2, 0.25) is 0 Å². The van der Waals surface area contributed by atoms with Crippen molar-refractivity contribution in [3.8, 4) is 11.3 Å². The van der Waals surface area contributed by atoms with Crippen LogP contribution >= 0.6 is 11.8 Å². The van der Waals surface area contributed by atoms with Gasteiger partial charge in [0.05, 0.1) is 10.5 Å². The second-order valence-corrected chi connectivity index (χ2v) is 5.45. The fourth-order valence-corrected chi connectivity index (χ4v) is 2.58. The second kappa shape index (κ2) is 5.53. The normalized spacial score (nSPS) is 16.1. The van der Waals surface area contributed by atoms with Crippen LogP contribution in [0.3, 0.4) is 0 Å². The minimum Gasteiger partial charge on any atom is -0.478 e. The van der Waals surface area contributed by atoms with E-state index in [0.717, 1.165) is 17.3 Å². The first-order valence-electron chi connectivity index (χ1n) is 6.24. The zero-order chi connectivity index (χ0) is 15.7. The summed E-state index contributed by atoms with van der Waals surface area (Å²) in [6, 6.07) is 9.86. The molecule has 6 nitrogen and oxygen atoms in total. The Kier molecular flexibility index (Phi) is 3.56. The number of nitrogens with zero attached hydrogens (tertiary/aromatic N) is 1. The lowest BCUT2D eigenvalue weighted by Gasteiger charge is -1.98. The van der Waals surface area contributed by atoms with Gasteiger partial charge in [0.1, 0.15) is 17.4 Å². The number of amidine groups is 1. The molecule has 0 bridgehead atoms. The Hall–Kier alpha value is -2.80. The molecular weight excluding hydrogens is 304 g/mol. The molecule has 3 N–H and O–H groups in total. The van der Waals surface area contributed by atoms with Crippen LogP contribution in [0.5, 0.6) is 0 Å². The third-order valence-electron chi connectivity index (χ3n) is 2.98. The molecule has 0 saturated carbocycles. The number of hydrogen-bond acceptors (Lipinski definition) is 5. The number of carbonyl (C=O) groups excluding carboxylic acids is 1. The minimum absolute atomic E-state index is 0.179. The molecule has 1 aromatic heterocycles. The van der Waals surface area contributed by atoms with E-state index in [2.05, 4.69) is 4.99 Å². The SMILES string of the molecule is NC1=NC(=O)S/C1=C\c1ccc(-c2ccc(C(=O)O)cc2)o1. The Morgan fingerprint density at radius 3 is 2.55 bits per heavy atom.